The molecule has 2 aromatic carbocycles. The van der Waals surface area contributed by atoms with Crippen LogP contribution in [0.1, 0.15) is 5.56 Å². The molecule has 0 amide bonds. The Bertz CT molecular complexity index is 1430. The van der Waals surface area contributed by atoms with Gasteiger partial charge in [-0.3, -0.25) is 19.7 Å². The predicted molar refractivity (Wildman–Crippen MR) is 125 cm³/mol. The normalized spacial score (nSPS) is 10.9. The van der Waals surface area contributed by atoms with Crippen LogP contribution in [0, 0.1) is 10.1 Å². The minimum absolute atomic E-state index is 0.0878. The number of benzene rings is 2. The molecule has 0 aliphatic heterocycles. The number of hydrogen-bond acceptors (Lipinski definition) is 7. The predicted octanol–water partition coefficient (Wildman–Crippen LogP) is 4.44. The maximum Gasteiger partial charge on any atom is 0.269 e. The average Bonchev–Trinajstić information content (AvgIpc) is 3.28. The molecule has 0 aliphatic rings. The number of imidazole rings is 1. The molecule has 162 valence electrons. The van der Waals surface area contributed by atoms with Gasteiger partial charge in [-0.25, -0.2) is 9.97 Å². The van der Waals surface area contributed by atoms with E-state index >= 15 is 0 Å². The number of nitro groups is 1. The summed E-state index contributed by atoms with van der Waals surface area (Å²) in [6, 6.07) is 18.5. The molecule has 0 unspecified atom stereocenters. The minimum Gasteiger partial charge on any atom is -0.354 e. The molecular formula is C24H19N7O2. The van der Waals surface area contributed by atoms with E-state index in [1.54, 1.807) is 37.1 Å². The van der Waals surface area contributed by atoms with Crippen molar-refractivity contribution in [3.05, 3.63) is 101 Å². The van der Waals surface area contributed by atoms with E-state index in [0.29, 0.717) is 24.7 Å². The smallest absolute Gasteiger partial charge is 0.269 e. The zero-order valence-electron chi connectivity index (χ0n) is 17.5. The first-order valence-corrected chi connectivity index (χ1v) is 10.4. The van der Waals surface area contributed by atoms with E-state index < -0.39 is 0 Å². The number of hydrogen-bond donors (Lipinski definition) is 1. The highest BCUT2D eigenvalue weighted by atomic mass is 16.6. The molecule has 0 saturated carbocycles. The first-order valence-electron chi connectivity index (χ1n) is 10.4. The minimum atomic E-state index is -0.390. The third kappa shape index (κ3) is 4.38. The van der Waals surface area contributed by atoms with Crippen molar-refractivity contribution in [2.75, 3.05) is 11.9 Å². The number of pyridine rings is 1. The standard InChI is InChI=1S/C24H19N7O2/c32-31(33)20-3-1-2-17(14-20)6-12-26-24-27-13-9-23(29-24)30-16-28-21-15-19(4-5-22(21)30)18-7-10-25-11-8-18/h1-5,7-11,13-16H,6,12H2,(H,26,27,29). The lowest BCUT2D eigenvalue weighted by Crippen LogP contribution is -2.09. The van der Waals surface area contributed by atoms with E-state index in [1.165, 1.54) is 6.07 Å². The first-order chi connectivity index (χ1) is 16.2. The summed E-state index contributed by atoms with van der Waals surface area (Å²) >= 11 is 0. The molecule has 5 rings (SSSR count). The zero-order chi connectivity index (χ0) is 22.6. The van der Waals surface area contributed by atoms with Gasteiger partial charge in [0.2, 0.25) is 5.95 Å². The third-order valence-electron chi connectivity index (χ3n) is 5.27. The summed E-state index contributed by atoms with van der Waals surface area (Å²) in [5, 5.41) is 14.1. The number of nitrogens with one attached hydrogen (secondary N) is 1. The summed E-state index contributed by atoms with van der Waals surface area (Å²) in [6.07, 6.45) is 7.59. The Morgan fingerprint density at radius 1 is 0.939 bits per heavy atom. The lowest BCUT2D eigenvalue weighted by Gasteiger charge is -2.08. The number of non-ortho nitro benzene ring substituents is 1. The largest absolute Gasteiger partial charge is 0.354 e. The Morgan fingerprint density at radius 2 is 1.82 bits per heavy atom. The Kier molecular flexibility index (Phi) is 5.42. The van der Waals surface area contributed by atoms with E-state index in [-0.39, 0.29) is 10.6 Å². The molecule has 0 spiro atoms. The summed E-state index contributed by atoms with van der Waals surface area (Å²) in [5.74, 6) is 1.18. The molecule has 0 aliphatic carbocycles. The monoisotopic (exact) mass is 437 g/mol. The van der Waals surface area contributed by atoms with Crippen LogP contribution in [0.4, 0.5) is 11.6 Å². The van der Waals surface area contributed by atoms with Crippen molar-refractivity contribution in [3.63, 3.8) is 0 Å². The van der Waals surface area contributed by atoms with Gasteiger partial charge < -0.3 is 5.32 Å². The maximum absolute atomic E-state index is 10.9. The van der Waals surface area contributed by atoms with Crippen LogP contribution >= 0.6 is 0 Å². The molecule has 0 bridgehead atoms. The quantitative estimate of drug-likeness (QED) is 0.296. The SMILES string of the molecule is O=[N+]([O-])c1cccc(CCNc2nccc(-n3cnc4cc(-c5ccncc5)ccc43)n2)c1. The number of anilines is 1. The highest BCUT2D eigenvalue weighted by Crippen LogP contribution is 2.25. The van der Waals surface area contributed by atoms with Crippen LogP contribution in [-0.2, 0) is 6.42 Å². The molecule has 0 fully saturated rings. The van der Waals surface area contributed by atoms with Gasteiger partial charge in [0.25, 0.3) is 5.69 Å². The highest BCUT2D eigenvalue weighted by molar-refractivity contribution is 5.83. The molecule has 0 atom stereocenters. The maximum atomic E-state index is 10.9. The summed E-state index contributed by atoms with van der Waals surface area (Å²) in [5.41, 5.74) is 4.92. The Labute approximate surface area is 189 Å². The van der Waals surface area contributed by atoms with Crippen molar-refractivity contribution in [1.29, 1.82) is 0 Å². The molecule has 3 heterocycles. The van der Waals surface area contributed by atoms with Gasteiger partial charge in [0.15, 0.2) is 0 Å². The van der Waals surface area contributed by atoms with Gasteiger partial charge >= 0.3 is 0 Å². The van der Waals surface area contributed by atoms with E-state index in [1.807, 2.05) is 41.0 Å². The van der Waals surface area contributed by atoms with Gasteiger partial charge in [-0.2, -0.15) is 4.98 Å². The molecule has 9 heteroatoms. The summed E-state index contributed by atoms with van der Waals surface area (Å²) in [6.45, 7) is 0.546. The van der Waals surface area contributed by atoms with Crippen LogP contribution < -0.4 is 5.32 Å². The number of fused-ring (bicyclic) bond motifs is 1. The number of aromatic nitrogens is 5. The molecule has 5 aromatic rings. The van der Waals surface area contributed by atoms with E-state index in [4.69, 9.17) is 0 Å². The molecule has 1 N–H and O–H groups in total. The highest BCUT2D eigenvalue weighted by Gasteiger charge is 2.09. The van der Waals surface area contributed by atoms with Crippen LogP contribution in [0.5, 0.6) is 0 Å². The van der Waals surface area contributed by atoms with Crippen molar-refractivity contribution in [3.8, 4) is 16.9 Å². The molecule has 33 heavy (non-hydrogen) atoms. The molecule has 0 radical (unpaired) electrons. The van der Waals surface area contributed by atoms with Crippen molar-refractivity contribution in [2.24, 2.45) is 0 Å². The van der Waals surface area contributed by atoms with Crippen LogP contribution in [0.2, 0.25) is 0 Å². The second-order valence-electron chi connectivity index (χ2n) is 7.40. The fourth-order valence-electron chi connectivity index (χ4n) is 3.63. The molecular weight excluding hydrogens is 418 g/mol. The van der Waals surface area contributed by atoms with Crippen LogP contribution in [0.25, 0.3) is 28.0 Å². The number of rotatable bonds is 7. The van der Waals surface area contributed by atoms with Gasteiger partial charge in [0.05, 0.1) is 16.0 Å². The van der Waals surface area contributed by atoms with Gasteiger partial charge in [-0.15, -0.1) is 0 Å². The van der Waals surface area contributed by atoms with Crippen molar-refractivity contribution in [2.45, 2.75) is 6.42 Å². The van der Waals surface area contributed by atoms with Gasteiger partial charge in [-0.05, 0) is 53.4 Å². The Morgan fingerprint density at radius 3 is 2.67 bits per heavy atom. The average molecular weight is 437 g/mol. The fraction of sp³-hybridized carbons (Fsp3) is 0.0833. The molecule has 0 saturated heterocycles. The lowest BCUT2D eigenvalue weighted by molar-refractivity contribution is -0.384. The lowest BCUT2D eigenvalue weighted by atomic mass is 10.1. The number of nitro benzene ring substituents is 1. The molecule has 3 aromatic heterocycles. The second kappa shape index (κ2) is 8.83. The summed E-state index contributed by atoms with van der Waals surface area (Å²) in [7, 11) is 0. The third-order valence-corrected chi connectivity index (χ3v) is 5.27. The van der Waals surface area contributed by atoms with Crippen LogP contribution in [0.15, 0.2) is 85.6 Å². The summed E-state index contributed by atoms with van der Waals surface area (Å²) in [4.78, 5) is 28.1. The van der Waals surface area contributed by atoms with Crippen LogP contribution in [-0.4, -0.2) is 36.0 Å². The first kappa shape index (κ1) is 20.3. The topological polar surface area (TPSA) is 112 Å². The molecule has 9 nitrogen and oxygen atoms in total. The van der Waals surface area contributed by atoms with Crippen LogP contribution in [0.3, 0.4) is 0 Å². The van der Waals surface area contributed by atoms with Gasteiger partial charge in [0, 0.05) is 37.3 Å². The zero-order valence-corrected chi connectivity index (χ0v) is 17.5. The fourth-order valence-corrected chi connectivity index (χ4v) is 3.63. The van der Waals surface area contributed by atoms with Crippen molar-refractivity contribution < 1.29 is 4.92 Å². The van der Waals surface area contributed by atoms with Crippen molar-refractivity contribution >= 4 is 22.7 Å². The van der Waals surface area contributed by atoms with E-state index in [0.717, 1.165) is 27.7 Å². The van der Waals surface area contributed by atoms with E-state index in [9.17, 15) is 10.1 Å². The van der Waals surface area contributed by atoms with Gasteiger partial charge in [0.1, 0.15) is 12.1 Å². The number of nitrogens with zero attached hydrogens (tertiary/aromatic N) is 6. The van der Waals surface area contributed by atoms with Crippen molar-refractivity contribution in [1.82, 2.24) is 24.5 Å². The van der Waals surface area contributed by atoms with E-state index in [2.05, 4.69) is 31.3 Å². The Hall–Kier alpha value is -4.66. The summed E-state index contributed by atoms with van der Waals surface area (Å²) < 4.78 is 1.92. The van der Waals surface area contributed by atoms with Gasteiger partial charge in [-0.1, -0.05) is 18.2 Å². The Balaban J connectivity index is 1.32. The second-order valence-corrected chi connectivity index (χ2v) is 7.40.